The number of carbonyl (C=O) groups is 1. The summed E-state index contributed by atoms with van der Waals surface area (Å²) in [7, 11) is 0. The maximum atomic E-state index is 12.1. The molecule has 0 fully saturated rings. The van der Waals surface area contributed by atoms with Crippen LogP contribution in [0, 0.1) is 0 Å². The molecule has 0 saturated heterocycles. The van der Waals surface area contributed by atoms with Crippen LogP contribution in [0.5, 0.6) is 0 Å². The normalized spacial score (nSPS) is 11.8. The summed E-state index contributed by atoms with van der Waals surface area (Å²) < 4.78 is 0. The maximum absolute atomic E-state index is 12.1. The molecule has 2 aromatic rings. The molecule has 1 unspecified atom stereocenters. The molecule has 0 saturated carbocycles. The van der Waals surface area contributed by atoms with Gasteiger partial charge in [-0.3, -0.25) is 4.79 Å². The number of carbonyl (C=O) groups excluding carboxylic acids is 1. The summed E-state index contributed by atoms with van der Waals surface area (Å²) in [5, 5.41) is 2.90. The SMILES string of the molecule is CC(CNC(=O)c1ccc(N)cc1N)c1ccccc1. The van der Waals surface area contributed by atoms with Crippen LogP contribution in [0.4, 0.5) is 11.4 Å². The topological polar surface area (TPSA) is 81.1 Å². The zero-order chi connectivity index (χ0) is 14.5. The van der Waals surface area contributed by atoms with E-state index in [0.29, 0.717) is 23.5 Å². The van der Waals surface area contributed by atoms with Gasteiger partial charge in [0, 0.05) is 17.9 Å². The molecular formula is C16H19N3O. The van der Waals surface area contributed by atoms with Gasteiger partial charge in [-0.2, -0.15) is 0 Å². The van der Waals surface area contributed by atoms with Crippen LogP contribution in [0.15, 0.2) is 48.5 Å². The Hall–Kier alpha value is -2.49. The number of rotatable bonds is 4. The van der Waals surface area contributed by atoms with Crippen LogP contribution < -0.4 is 16.8 Å². The second-order valence-electron chi connectivity index (χ2n) is 4.87. The zero-order valence-electron chi connectivity index (χ0n) is 11.5. The first-order chi connectivity index (χ1) is 9.58. The van der Waals surface area contributed by atoms with Crippen LogP contribution in [-0.4, -0.2) is 12.5 Å². The minimum Gasteiger partial charge on any atom is -0.399 e. The van der Waals surface area contributed by atoms with Crippen LogP contribution in [0.1, 0.15) is 28.8 Å². The number of anilines is 2. The Kier molecular flexibility index (Phi) is 4.25. The van der Waals surface area contributed by atoms with Gasteiger partial charge in [-0.25, -0.2) is 0 Å². The fraction of sp³-hybridized carbons (Fsp3) is 0.188. The van der Waals surface area contributed by atoms with E-state index >= 15 is 0 Å². The summed E-state index contributed by atoms with van der Waals surface area (Å²) in [5.41, 5.74) is 14.0. The van der Waals surface area contributed by atoms with Gasteiger partial charge >= 0.3 is 0 Å². The van der Waals surface area contributed by atoms with Gasteiger partial charge in [0.1, 0.15) is 0 Å². The van der Waals surface area contributed by atoms with Crippen molar-refractivity contribution in [1.82, 2.24) is 5.32 Å². The molecule has 0 aliphatic carbocycles. The molecule has 5 N–H and O–H groups in total. The van der Waals surface area contributed by atoms with E-state index in [1.54, 1.807) is 18.2 Å². The summed E-state index contributed by atoms with van der Waals surface area (Å²) in [6.45, 7) is 2.63. The monoisotopic (exact) mass is 269 g/mol. The molecule has 20 heavy (non-hydrogen) atoms. The molecule has 104 valence electrons. The van der Waals surface area contributed by atoms with E-state index in [1.807, 2.05) is 30.3 Å². The van der Waals surface area contributed by atoms with Crippen molar-refractivity contribution in [2.24, 2.45) is 0 Å². The third-order valence-electron chi connectivity index (χ3n) is 3.26. The van der Waals surface area contributed by atoms with Crippen molar-refractivity contribution in [3.8, 4) is 0 Å². The van der Waals surface area contributed by atoms with Gasteiger partial charge in [0.15, 0.2) is 0 Å². The molecule has 2 rings (SSSR count). The number of nitrogens with two attached hydrogens (primary N) is 2. The summed E-state index contributed by atoms with van der Waals surface area (Å²) in [6, 6.07) is 15.0. The van der Waals surface area contributed by atoms with Crippen molar-refractivity contribution in [3.63, 3.8) is 0 Å². The molecule has 0 heterocycles. The van der Waals surface area contributed by atoms with Gasteiger partial charge in [-0.15, -0.1) is 0 Å². The molecule has 0 aliphatic heterocycles. The standard InChI is InChI=1S/C16H19N3O/c1-11(12-5-3-2-4-6-12)10-19-16(20)14-8-7-13(17)9-15(14)18/h2-9,11H,10,17-18H2,1H3,(H,19,20). The predicted molar refractivity (Wildman–Crippen MR) is 82.5 cm³/mol. The molecule has 1 atom stereocenters. The van der Waals surface area contributed by atoms with Crippen molar-refractivity contribution in [2.45, 2.75) is 12.8 Å². The number of nitrogens with one attached hydrogen (secondary N) is 1. The molecule has 0 aliphatic rings. The lowest BCUT2D eigenvalue weighted by molar-refractivity contribution is 0.0952. The fourth-order valence-electron chi connectivity index (χ4n) is 2.03. The number of hydrogen-bond donors (Lipinski definition) is 3. The van der Waals surface area contributed by atoms with Gasteiger partial charge in [-0.05, 0) is 29.7 Å². The van der Waals surface area contributed by atoms with E-state index in [9.17, 15) is 4.79 Å². The Morgan fingerprint density at radius 1 is 1.15 bits per heavy atom. The Balaban J connectivity index is 1.99. The van der Waals surface area contributed by atoms with E-state index in [2.05, 4.69) is 12.2 Å². The van der Waals surface area contributed by atoms with Gasteiger partial charge in [-0.1, -0.05) is 37.3 Å². The second-order valence-corrected chi connectivity index (χ2v) is 4.87. The van der Waals surface area contributed by atoms with Crippen molar-refractivity contribution < 1.29 is 4.79 Å². The lowest BCUT2D eigenvalue weighted by atomic mass is 10.0. The summed E-state index contributed by atoms with van der Waals surface area (Å²) in [6.07, 6.45) is 0. The average molecular weight is 269 g/mol. The highest BCUT2D eigenvalue weighted by Crippen LogP contribution is 2.17. The Morgan fingerprint density at radius 2 is 1.85 bits per heavy atom. The number of benzene rings is 2. The van der Waals surface area contributed by atoms with Crippen LogP contribution in [-0.2, 0) is 0 Å². The van der Waals surface area contributed by atoms with Crippen LogP contribution in [0.25, 0.3) is 0 Å². The quantitative estimate of drug-likeness (QED) is 0.745. The lowest BCUT2D eigenvalue weighted by Crippen LogP contribution is -2.28. The predicted octanol–water partition coefficient (Wildman–Crippen LogP) is 2.38. The highest BCUT2D eigenvalue weighted by molar-refractivity contribution is 5.99. The Labute approximate surface area is 118 Å². The molecule has 4 nitrogen and oxygen atoms in total. The number of nitrogen functional groups attached to an aromatic ring is 2. The van der Waals surface area contributed by atoms with Gasteiger partial charge < -0.3 is 16.8 Å². The molecule has 1 amide bonds. The number of amides is 1. The first-order valence-corrected chi connectivity index (χ1v) is 6.56. The lowest BCUT2D eigenvalue weighted by Gasteiger charge is -2.14. The maximum Gasteiger partial charge on any atom is 0.253 e. The smallest absolute Gasteiger partial charge is 0.253 e. The van der Waals surface area contributed by atoms with Crippen LogP contribution >= 0.6 is 0 Å². The summed E-state index contributed by atoms with van der Waals surface area (Å²) in [5.74, 6) is 0.0698. The fourth-order valence-corrected chi connectivity index (χ4v) is 2.03. The molecule has 0 bridgehead atoms. The van der Waals surface area contributed by atoms with E-state index in [4.69, 9.17) is 11.5 Å². The molecule has 0 radical (unpaired) electrons. The summed E-state index contributed by atoms with van der Waals surface area (Å²) in [4.78, 5) is 12.1. The van der Waals surface area contributed by atoms with E-state index < -0.39 is 0 Å². The second kappa shape index (κ2) is 6.10. The molecule has 0 spiro atoms. The molecule has 2 aromatic carbocycles. The Bertz CT molecular complexity index is 596. The van der Waals surface area contributed by atoms with E-state index in [-0.39, 0.29) is 11.8 Å². The first-order valence-electron chi connectivity index (χ1n) is 6.56. The summed E-state index contributed by atoms with van der Waals surface area (Å²) >= 11 is 0. The van der Waals surface area contributed by atoms with Crippen molar-refractivity contribution in [2.75, 3.05) is 18.0 Å². The van der Waals surface area contributed by atoms with Gasteiger partial charge in [0.2, 0.25) is 0 Å². The van der Waals surface area contributed by atoms with Crippen molar-refractivity contribution in [3.05, 3.63) is 59.7 Å². The largest absolute Gasteiger partial charge is 0.399 e. The minimum absolute atomic E-state index is 0.176. The average Bonchev–Trinajstić information content (AvgIpc) is 2.45. The van der Waals surface area contributed by atoms with Crippen LogP contribution in [0.2, 0.25) is 0 Å². The van der Waals surface area contributed by atoms with Crippen LogP contribution in [0.3, 0.4) is 0 Å². The minimum atomic E-state index is -0.176. The third-order valence-corrected chi connectivity index (χ3v) is 3.26. The highest BCUT2D eigenvalue weighted by Gasteiger charge is 2.11. The van der Waals surface area contributed by atoms with E-state index in [0.717, 1.165) is 0 Å². The third kappa shape index (κ3) is 3.29. The van der Waals surface area contributed by atoms with Gasteiger partial charge in [0.05, 0.1) is 5.56 Å². The first kappa shape index (κ1) is 13.9. The van der Waals surface area contributed by atoms with Gasteiger partial charge in [0.25, 0.3) is 5.91 Å². The molecule has 0 aromatic heterocycles. The van der Waals surface area contributed by atoms with Crippen molar-refractivity contribution in [1.29, 1.82) is 0 Å². The van der Waals surface area contributed by atoms with Crippen molar-refractivity contribution >= 4 is 17.3 Å². The van der Waals surface area contributed by atoms with E-state index in [1.165, 1.54) is 5.56 Å². The molecular weight excluding hydrogens is 250 g/mol. The zero-order valence-corrected chi connectivity index (χ0v) is 11.5. The Morgan fingerprint density at radius 3 is 2.50 bits per heavy atom. The highest BCUT2D eigenvalue weighted by atomic mass is 16.1. The molecule has 4 heteroatoms. The number of hydrogen-bond acceptors (Lipinski definition) is 3.